The topological polar surface area (TPSA) is 55.1 Å². The first-order valence-corrected chi connectivity index (χ1v) is 11.6. The molecule has 0 saturated heterocycles. The lowest BCUT2D eigenvalue weighted by Crippen LogP contribution is -2.54. The largest absolute Gasteiger partial charge is 0.393 e. The van der Waals surface area contributed by atoms with E-state index in [0.717, 1.165) is 48.4 Å². The number of nitrogens with zero attached hydrogens (tertiary/aromatic N) is 2. The van der Waals surface area contributed by atoms with Crippen molar-refractivity contribution in [3.63, 3.8) is 0 Å². The maximum absolute atomic E-state index is 13.0. The molecule has 4 aliphatic carbocycles. The molecule has 7 atom stereocenters. The lowest BCUT2D eigenvalue weighted by Gasteiger charge is -2.60. The van der Waals surface area contributed by atoms with Crippen LogP contribution in [0, 0.1) is 41.4 Å². The molecule has 4 heteroatoms. The van der Waals surface area contributed by atoms with Crippen molar-refractivity contribution in [3.05, 3.63) is 23.0 Å². The summed E-state index contributed by atoms with van der Waals surface area (Å²) >= 11 is 0. The molecule has 1 aromatic heterocycles. The van der Waals surface area contributed by atoms with Gasteiger partial charge in [0.15, 0.2) is 5.78 Å². The molecular formula is C25H36N2O2. The van der Waals surface area contributed by atoms with Crippen molar-refractivity contribution in [1.29, 1.82) is 0 Å². The molecule has 0 amide bonds. The zero-order valence-corrected chi connectivity index (χ0v) is 18.4. The summed E-state index contributed by atoms with van der Waals surface area (Å²) in [6, 6.07) is 0. The number of hydrogen-bond donors (Lipinski definition) is 1. The first-order valence-electron chi connectivity index (χ1n) is 11.6. The zero-order valence-electron chi connectivity index (χ0n) is 18.4. The van der Waals surface area contributed by atoms with E-state index >= 15 is 0 Å². The Balaban J connectivity index is 1.47. The van der Waals surface area contributed by atoms with Crippen LogP contribution in [0.1, 0.15) is 76.5 Å². The summed E-state index contributed by atoms with van der Waals surface area (Å²) in [7, 11) is 1.96. The van der Waals surface area contributed by atoms with Gasteiger partial charge in [0.1, 0.15) is 0 Å². The monoisotopic (exact) mass is 396 g/mol. The quantitative estimate of drug-likeness (QED) is 0.701. The molecule has 0 unspecified atom stereocenters. The van der Waals surface area contributed by atoms with E-state index in [0.29, 0.717) is 23.5 Å². The molecule has 158 valence electrons. The third-order valence-corrected chi connectivity index (χ3v) is 9.98. The van der Waals surface area contributed by atoms with Crippen LogP contribution in [0.5, 0.6) is 0 Å². The fourth-order valence-electron chi connectivity index (χ4n) is 7.96. The first-order chi connectivity index (χ1) is 13.7. The van der Waals surface area contributed by atoms with Crippen LogP contribution in [0.25, 0.3) is 6.08 Å². The standard InChI is InChI=1S/C25H36N2O2/c1-15-17(14-26-27(15)4)11-16-13-25(3)18(12-22(16)28)5-6-19-20-7-8-23(29)24(20,2)10-9-21(19)25/h11,14,18-21,23,29H,5-10,12-13H2,1-4H3/b16-11+/t18-,19+,20+,21+,23-,24+,25-/m0/s1. The summed E-state index contributed by atoms with van der Waals surface area (Å²) in [5, 5.41) is 15.0. The molecule has 29 heavy (non-hydrogen) atoms. The van der Waals surface area contributed by atoms with Crippen LogP contribution in [0.15, 0.2) is 11.8 Å². The molecule has 4 aliphatic rings. The smallest absolute Gasteiger partial charge is 0.159 e. The van der Waals surface area contributed by atoms with E-state index in [1.54, 1.807) is 0 Å². The maximum Gasteiger partial charge on any atom is 0.159 e. The summed E-state index contributed by atoms with van der Waals surface area (Å²) in [5.74, 6) is 2.96. The first kappa shape index (κ1) is 19.5. The van der Waals surface area contributed by atoms with E-state index in [9.17, 15) is 9.90 Å². The molecule has 1 heterocycles. The molecule has 4 saturated carbocycles. The number of allylic oxidation sites excluding steroid dienone is 1. The average molecular weight is 397 g/mol. The Morgan fingerprint density at radius 2 is 1.90 bits per heavy atom. The lowest BCUT2D eigenvalue weighted by molar-refractivity contribution is -0.134. The molecule has 0 radical (unpaired) electrons. The number of Topliss-reactive ketones (excluding diaryl/α,β-unsaturated/α-hetero) is 1. The number of carbonyl (C=O) groups excluding carboxylic acids is 1. The molecule has 4 nitrogen and oxygen atoms in total. The van der Waals surface area contributed by atoms with E-state index in [-0.39, 0.29) is 16.9 Å². The normalized spacial score (nSPS) is 45.8. The van der Waals surface area contributed by atoms with E-state index in [2.05, 4.69) is 31.9 Å². The highest BCUT2D eigenvalue weighted by Crippen LogP contribution is 2.66. The van der Waals surface area contributed by atoms with Gasteiger partial charge in [-0.3, -0.25) is 9.48 Å². The molecular weight excluding hydrogens is 360 g/mol. The molecule has 5 rings (SSSR count). The van der Waals surface area contributed by atoms with Crippen molar-refractivity contribution in [2.45, 2.75) is 78.2 Å². The number of rotatable bonds is 1. The second-order valence-corrected chi connectivity index (χ2v) is 11.1. The summed E-state index contributed by atoms with van der Waals surface area (Å²) in [6.45, 7) is 6.90. The van der Waals surface area contributed by atoms with Gasteiger partial charge in [-0.2, -0.15) is 5.10 Å². The van der Waals surface area contributed by atoms with Gasteiger partial charge >= 0.3 is 0 Å². The number of aliphatic hydroxyl groups excluding tert-OH is 1. The molecule has 0 spiro atoms. The second-order valence-electron chi connectivity index (χ2n) is 11.1. The third-order valence-electron chi connectivity index (χ3n) is 9.98. The Morgan fingerprint density at radius 3 is 2.62 bits per heavy atom. The number of aliphatic hydroxyl groups is 1. The number of carbonyl (C=O) groups is 1. The van der Waals surface area contributed by atoms with Crippen LogP contribution >= 0.6 is 0 Å². The minimum Gasteiger partial charge on any atom is -0.393 e. The second kappa shape index (κ2) is 6.54. The molecule has 0 aliphatic heterocycles. The summed E-state index contributed by atoms with van der Waals surface area (Å²) in [4.78, 5) is 13.0. The molecule has 1 aromatic rings. The third kappa shape index (κ3) is 2.74. The number of aromatic nitrogens is 2. The van der Waals surface area contributed by atoms with Gasteiger partial charge in [-0.1, -0.05) is 13.8 Å². The van der Waals surface area contributed by atoms with Crippen LogP contribution < -0.4 is 0 Å². The predicted octanol–water partition coefficient (Wildman–Crippen LogP) is 4.69. The minimum atomic E-state index is -0.115. The fourth-order valence-corrected chi connectivity index (χ4v) is 7.96. The van der Waals surface area contributed by atoms with Gasteiger partial charge in [0, 0.05) is 24.7 Å². The van der Waals surface area contributed by atoms with E-state index < -0.39 is 0 Å². The van der Waals surface area contributed by atoms with E-state index in [4.69, 9.17) is 0 Å². The van der Waals surface area contributed by atoms with Crippen molar-refractivity contribution in [2.75, 3.05) is 0 Å². The fraction of sp³-hybridized carbons (Fsp3) is 0.760. The number of aryl methyl sites for hydroxylation is 1. The SMILES string of the molecule is Cc1c(/C=C2\C[C@@]3(C)[C@@H](CC[C@H]4[C@H]3CC[C@]3(C)[C@@H]4CC[C@@H]3O)CC2=O)cnn1C. The maximum atomic E-state index is 13.0. The number of hydrogen-bond acceptors (Lipinski definition) is 3. The molecule has 1 N–H and O–H groups in total. The Morgan fingerprint density at radius 1 is 1.14 bits per heavy atom. The zero-order chi connectivity index (χ0) is 20.6. The highest BCUT2D eigenvalue weighted by atomic mass is 16.3. The summed E-state index contributed by atoms with van der Waals surface area (Å²) in [6.07, 6.45) is 12.5. The molecule has 4 fully saturated rings. The van der Waals surface area contributed by atoms with Gasteiger partial charge in [0.05, 0.1) is 12.3 Å². The average Bonchev–Trinajstić information content (AvgIpc) is 3.16. The van der Waals surface area contributed by atoms with Crippen molar-refractivity contribution in [2.24, 2.45) is 41.5 Å². The van der Waals surface area contributed by atoms with Crippen LogP contribution in [0.3, 0.4) is 0 Å². The van der Waals surface area contributed by atoms with Crippen LogP contribution in [0.2, 0.25) is 0 Å². The van der Waals surface area contributed by atoms with Crippen LogP contribution in [-0.2, 0) is 11.8 Å². The van der Waals surface area contributed by atoms with Crippen LogP contribution in [-0.4, -0.2) is 26.8 Å². The Bertz CT molecular complexity index is 870. The Labute approximate surface area is 174 Å². The number of fused-ring (bicyclic) bond motifs is 5. The predicted molar refractivity (Wildman–Crippen MR) is 114 cm³/mol. The highest BCUT2D eigenvalue weighted by Gasteiger charge is 2.60. The Hall–Kier alpha value is -1.42. The molecule has 0 bridgehead atoms. The van der Waals surface area contributed by atoms with Gasteiger partial charge < -0.3 is 5.11 Å². The molecule has 0 aromatic carbocycles. The Kier molecular flexibility index (Phi) is 4.40. The highest BCUT2D eigenvalue weighted by molar-refractivity contribution is 6.00. The summed E-state index contributed by atoms with van der Waals surface area (Å²) < 4.78 is 1.88. The number of ketones is 1. The van der Waals surface area contributed by atoms with Gasteiger partial charge in [0.2, 0.25) is 0 Å². The van der Waals surface area contributed by atoms with Gasteiger partial charge in [0.25, 0.3) is 0 Å². The van der Waals surface area contributed by atoms with Gasteiger partial charge in [-0.25, -0.2) is 0 Å². The van der Waals surface area contributed by atoms with Crippen molar-refractivity contribution < 1.29 is 9.90 Å². The van der Waals surface area contributed by atoms with E-state index in [1.165, 1.54) is 25.7 Å². The minimum absolute atomic E-state index is 0.115. The van der Waals surface area contributed by atoms with Gasteiger partial charge in [-0.15, -0.1) is 0 Å². The van der Waals surface area contributed by atoms with Gasteiger partial charge in [-0.05, 0) is 98.0 Å². The van der Waals surface area contributed by atoms with Crippen molar-refractivity contribution in [1.82, 2.24) is 9.78 Å². The summed E-state index contributed by atoms with van der Waals surface area (Å²) in [5.41, 5.74) is 3.56. The van der Waals surface area contributed by atoms with Crippen molar-refractivity contribution >= 4 is 11.9 Å². The lowest BCUT2D eigenvalue weighted by atomic mass is 9.45. The van der Waals surface area contributed by atoms with E-state index in [1.807, 2.05) is 17.9 Å². The van der Waals surface area contributed by atoms with Crippen molar-refractivity contribution in [3.8, 4) is 0 Å². The van der Waals surface area contributed by atoms with Crippen LogP contribution in [0.4, 0.5) is 0 Å².